The van der Waals surface area contributed by atoms with Gasteiger partial charge in [0, 0.05) is 39.1 Å². The summed E-state index contributed by atoms with van der Waals surface area (Å²) in [5.74, 6) is 0.670. The predicted octanol–water partition coefficient (Wildman–Crippen LogP) is 2.12. The Balaban J connectivity index is 1.72. The quantitative estimate of drug-likeness (QED) is 0.385. The highest BCUT2D eigenvalue weighted by molar-refractivity contribution is 5.79. The van der Waals surface area contributed by atoms with Crippen LogP contribution in [0, 0.1) is 0 Å². The number of guanidine groups is 1. The Morgan fingerprint density at radius 2 is 1.89 bits per heavy atom. The highest BCUT2D eigenvalue weighted by Gasteiger charge is 2.15. The molecular weight excluding hydrogens is 356 g/mol. The van der Waals surface area contributed by atoms with Crippen LogP contribution >= 0.6 is 0 Å². The molecule has 8 nitrogen and oxygen atoms in total. The van der Waals surface area contributed by atoms with Crippen LogP contribution in [0.25, 0.3) is 0 Å². The minimum absolute atomic E-state index is 0.425. The van der Waals surface area contributed by atoms with Gasteiger partial charge >= 0.3 is 6.09 Å². The minimum atomic E-state index is -0.499. The molecule has 3 N–H and O–H groups in total. The molecule has 0 bridgehead atoms. The molecule has 0 aliphatic rings. The third-order valence-corrected chi connectivity index (χ3v) is 3.66. The van der Waals surface area contributed by atoms with Crippen LogP contribution in [0.5, 0.6) is 0 Å². The van der Waals surface area contributed by atoms with Gasteiger partial charge in [-0.2, -0.15) is 5.10 Å². The van der Waals surface area contributed by atoms with Crippen LogP contribution in [0.4, 0.5) is 4.79 Å². The molecule has 2 aromatic rings. The summed E-state index contributed by atoms with van der Waals surface area (Å²) in [7, 11) is 1.71. The zero-order valence-corrected chi connectivity index (χ0v) is 17.0. The second-order valence-corrected chi connectivity index (χ2v) is 7.30. The van der Waals surface area contributed by atoms with Gasteiger partial charge in [-0.1, -0.05) is 24.3 Å². The maximum Gasteiger partial charge on any atom is 0.407 e. The lowest BCUT2D eigenvalue weighted by molar-refractivity contribution is 0.0529. The van der Waals surface area contributed by atoms with Gasteiger partial charge in [-0.05, 0) is 38.0 Å². The van der Waals surface area contributed by atoms with E-state index in [1.807, 2.05) is 43.8 Å². The summed E-state index contributed by atoms with van der Waals surface area (Å²) in [5.41, 5.74) is 1.84. The highest BCUT2D eigenvalue weighted by Crippen LogP contribution is 2.07. The number of carbonyl (C=O) groups is 1. The van der Waals surface area contributed by atoms with E-state index in [9.17, 15) is 4.79 Å². The van der Waals surface area contributed by atoms with Crippen LogP contribution in [0.1, 0.15) is 31.9 Å². The second kappa shape index (κ2) is 10.3. The Hall–Kier alpha value is -3.03. The molecule has 152 valence electrons. The number of hydrogen-bond donors (Lipinski definition) is 3. The Kier molecular flexibility index (Phi) is 7.86. The zero-order chi connectivity index (χ0) is 20.4. The van der Waals surface area contributed by atoms with Gasteiger partial charge < -0.3 is 20.7 Å². The third kappa shape index (κ3) is 8.11. The number of carbonyl (C=O) groups excluding carboxylic acids is 1. The summed E-state index contributed by atoms with van der Waals surface area (Å²) < 4.78 is 7.09. The summed E-state index contributed by atoms with van der Waals surface area (Å²) in [6.45, 7) is 7.87. The molecule has 0 radical (unpaired) electrons. The molecule has 0 unspecified atom stereocenters. The van der Waals surface area contributed by atoms with Crippen LogP contribution in [-0.4, -0.2) is 47.6 Å². The van der Waals surface area contributed by atoms with E-state index in [0.29, 0.717) is 25.6 Å². The van der Waals surface area contributed by atoms with Gasteiger partial charge in [0.25, 0.3) is 0 Å². The van der Waals surface area contributed by atoms with Crippen molar-refractivity contribution >= 4 is 12.1 Å². The molecule has 0 aliphatic heterocycles. The van der Waals surface area contributed by atoms with Crippen molar-refractivity contribution in [1.82, 2.24) is 25.7 Å². The van der Waals surface area contributed by atoms with E-state index in [1.165, 1.54) is 5.56 Å². The van der Waals surface area contributed by atoms with Crippen molar-refractivity contribution in [3.05, 3.63) is 53.9 Å². The topological polar surface area (TPSA) is 92.6 Å². The SMILES string of the molecule is CN=C(NCCNC(=O)OC(C)(C)C)NCc1cccc(Cn2cccn2)c1. The molecule has 0 spiro atoms. The first-order valence-corrected chi connectivity index (χ1v) is 9.32. The van der Waals surface area contributed by atoms with Crippen LogP contribution in [-0.2, 0) is 17.8 Å². The lowest BCUT2D eigenvalue weighted by atomic mass is 10.1. The standard InChI is InChI=1S/C20H30N6O2/c1-20(2,3)28-19(27)23-11-10-22-18(21-4)24-14-16-7-5-8-17(13-16)15-26-12-6-9-25-26/h5-9,12-13H,10-11,14-15H2,1-4H3,(H,23,27)(H2,21,22,24). The molecule has 28 heavy (non-hydrogen) atoms. The van der Waals surface area contributed by atoms with Crippen molar-refractivity contribution in [2.24, 2.45) is 4.99 Å². The number of nitrogens with one attached hydrogen (secondary N) is 3. The average Bonchev–Trinajstić information content (AvgIpc) is 3.13. The maximum absolute atomic E-state index is 11.6. The summed E-state index contributed by atoms with van der Waals surface area (Å²) >= 11 is 0. The van der Waals surface area contributed by atoms with Crippen LogP contribution in [0.15, 0.2) is 47.7 Å². The first-order valence-electron chi connectivity index (χ1n) is 9.32. The molecule has 2 rings (SSSR count). The third-order valence-electron chi connectivity index (χ3n) is 3.66. The highest BCUT2D eigenvalue weighted by atomic mass is 16.6. The van der Waals surface area contributed by atoms with E-state index in [1.54, 1.807) is 13.2 Å². The van der Waals surface area contributed by atoms with E-state index < -0.39 is 11.7 Å². The zero-order valence-electron chi connectivity index (χ0n) is 17.0. The molecule has 1 aromatic carbocycles. The summed E-state index contributed by atoms with van der Waals surface area (Å²) in [5, 5.41) is 13.4. The lowest BCUT2D eigenvalue weighted by Gasteiger charge is -2.20. The van der Waals surface area contributed by atoms with Crippen molar-refractivity contribution < 1.29 is 9.53 Å². The summed E-state index contributed by atoms with van der Waals surface area (Å²) in [6, 6.07) is 10.2. The normalized spacial score (nSPS) is 11.8. The Bertz CT molecular complexity index is 765. The number of amides is 1. The number of aliphatic imine (C=N–C) groups is 1. The van der Waals surface area contributed by atoms with E-state index in [4.69, 9.17) is 4.74 Å². The number of benzene rings is 1. The van der Waals surface area contributed by atoms with Crippen molar-refractivity contribution in [1.29, 1.82) is 0 Å². The number of rotatable bonds is 7. The average molecular weight is 387 g/mol. The van der Waals surface area contributed by atoms with Crippen molar-refractivity contribution in [2.45, 2.75) is 39.5 Å². The van der Waals surface area contributed by atoms with Crippen molar-refractivity contribution in [3.8, 4) is 0 Å². The van der Waals surface area contributed by atoms with E-state index in [-0.39, 0.29) is 0 Å². The molecule has 8 heteroatoms. The van der Waals surface area contributed by atoms with E-state index >= 15 is 0 Å². The molecule has 0 fully saturated rings. The predicted molar refractivity (Wildman–Crippen MR) is 110 cm³/mol. The smallest absolute Gasteiger partial charge is 0.407 e. The first-order chi connectivity index (χ1) is 13.4. The van der Waals surface area contributed by atoms with Gasteiger partial charge in [0.05, 0.1) is 6.54 Å². The van der Waals surface area contributed by atoms with Crippen LogP contribution in [0.2, 0.25) is 0 Å². The molecule has 1 amide bonds. The Labute approximate surface area is 166 Å². The Morgan fingerprint density at radius 3 is 2.57 bits per heavy atom. The summed E-state index contributed by atoms with van der Waals surface area (Å²) in [6.07, 6.45) is 3.30. The second-order valence-electron chi connectivity index (χ2n) is 7.30. The lowest BCUT2D eigenvalue weighted by Crippen LogP contribution is -2.42. The van der Waals surface area contributed by atoms with Gasteiger partial charge in [-0.25, -0.2) is 4.79 Å². The largest absolute Gasteiger partial charge is 0.444 e. The van der Waals surface area contributed by atoms with Gasteiger partial charge in [-0.3, -0.25) is 9.67 Å². The van der Waals surface area contributed by atoms with Crippen LogP contribution in [0.3, 0.4) is 0 Å². The van der Waals surface area contributed by atoms with Gasteiger partial charge in [0.2, 0.25) is 0 Å². The molecule has 1 heterocycles. The van der Waals surface area contributed by atoms with Gasteiger partial charge in [0.15, 0.2) is 5.96 Å². The number of hydrogen-bond acceptors (Lipinski definition) is 4. The monoisotopic (exact) mass is 386 g/mol. The molecule has 1 aromatic heterocycles. The number of alkyl carbamates (subject to hydrolysis) is 1. The fourth-order valence-electron chi connectivity index (χ4n) is 2.49. The fraction of sp³-hybridized carbons (Fsp3) is 0.450. The van der Waals surface area contributed by atoms with Crippen molar-refractivity contribution in [3.63, 3.8) is 0 Å². The van der Waals surface area contributed by atoms with E-state index in [0.717, 1.165) is 12.1 Å². The van der Waals surface area contributed by atoms with Crippen LogP contribution < -0.4 is 16.0 Å². The summed E-state index contributed by atoms with van der Waals surface area (Å²) in [4.78, 5) is 15.8. The van der Waals surface area contributed by atoms with E-state index in [2.05, 4.69) is 44.2 Å². The fourth-order valence-corrected chi connectivity index (χ4v) is 2.49. The molecular formula is C20H30N6O2. The molecule has 0 aliphatic carbocycles. The maximum atomic E-state index is 11.6. The number of ether oxygens (including phenoxy) is 1. The van der Waals surface area contributed by atoms with Gasteiger partial charge in [0.1, 0.15) is 5.60 Å². The number of aromatic nitrogens is 2. The molecule has 0 atom stereocenters. The minimum Gasteiger partial charge on any atom is -0.444 e. The first kappa shape index (κ1) is 21.3. The molecule has 0 saturated heterocycles. The Morgan fingerprint density at radius 1 is 1.14 bits per heavy atom. The number of nitrogens with zero attached hydrogens (tertiary/aromatic N) is 3. The van der Waals surface area contributed by atoms with Gasteiger partial charge in [-0.15, -0.1) is 0 Å². The molecule has 0 saturated carbocycles. The van der Waals surface area contributed by atoms with Crippen molar-refractivity contribution in [2.75, 3.05) is 20.1 Å².